The third kappa shape index (κ3) is 4.86. The Kier molecular flexibility index (Phi) is 5.85. The molecule has 4 nitrogen and oxygen atoms in total. The van der Waals surface area contributed by atoms with E-state index >= 15 is 0 Å². The van der Waals surface area contributed by atoms with Crippen LogP contribution in [0.2, 0.25) is 0 Å². The van der Waals surface area contributed by atoms with Crippen molar-refractivity contribution >= 4 is 23.5 Å². The van der Waals surface area contributed by atoms with Gasteiger partial charge in [-0.05, 0) is 40.5 Å². The van der Waals surface area contributed by atoms with E-state index < -0.39 is 11.8 Å². The van der Waals surface area contributed by atoms with E-state index in [1.54, 1.807) is 33.8 Å². The highest BCUT2D eigenvalue weighted by atomic mass is 35.5. The van der Waals surface area contributed by atoms with Crippen LogP contribution in [0.4, 0.5) is 0 Å². The maximum absolute atomic E-state index is 12.0. The molecule has 5 heteroatoms. The van der Waals surface area contributed by atoms with Crippen LogP contribution < -0.4 is 0 Å². The fraction of sp³-hybridized carbons (Fsp3) is 0.714. The summed E-state index contributed by atoms with van der Waals surface area (Å²) in [5.74, 6) is -1.80. The minimum atomic E-state index is -0.550. The summed E-state index contributed by atoms with van der Waals surface area (Å²) in [4.78, 5) is 24.1. The summed E-state index contributed by atoms with van der Waals surface area (Å²) in [7, 11) is 0. The molecule has 0 fully saturated rings. The van der Waals surface area contributed by atoms with Gasteiger partial charge in [-0.2, -0.15) is 0 Å². The maximum atomic E-state index is 12.0. The molecule has 0 aromatic rings. The van der Waals surface area contributed by atoms with Crippen LogP contribution in [0.5, 0.6) is 0 Å². The first-order valence-electron chi connectivity index (χ1n) is 6.56. The molecule has 0 aromatic carbocycles. The van der Waals surface area contributed by atoms with Gasteiger partial charge in [0.05, 0.1) is 24.0 Å². The van der Waals surface area contributed by atoms with Gasteiger partial charge in [-0.1, -0.05) is 17.7 Å². The zero-order chi connectivity index (χ0) is 14.6. The molecule has 0 radical (unpaired) electrons. The van der Waals surface area contributed by atoms with Crippen molar-refractivity contribution in [2.45, 2.75) is 52.7 Å². The maximum Gasteiger partial charge on any atom is 0.310 e. The number of carbonyl (C=O) groups excluding carboxylic acids is 2. The first kappa shape index (κ1) is 16.0. The number of hydrogen-bond donors (Lipinski definition) is 0. The second-order valence-corrected chi connectivity index (χ2v) is 5.76. The molecule has 0 spiro atoms. The third-order valence-electron chi connectivity index (χ3n) is 2.80. The quantitative estimate of drug-likeness (QED) is 0.746. The molecule has 0 aliphatic heterocycles. The molecule has 2 atom stereocenters. The number of hydrogen-bond acceptors (Lipinski definition) is 4. The van der Waals surface area contributed by atoms with Gasteiger partial charge in [-0.3, -0.25) is 9.59 Å². The topological polar surface area (TPSA) is 52.6 Å². The fourth-order valence-corrected chi connectivity index (χ4v) is 2.26. The van der Waals surface area contributed by atoms with Crippen molar-refractivity contribution in [2.24, 2.45) is 11.8 Å². The number of ether oxygens (including phenoxy) is 2. The van der Waals surface area contributed by atoms with Gasteiger partial charge in [-0.25, -0.2) is 0 Å². The SMILES string of the molecule is CC(C)OC(=O)C1CC=C(Cl)CC1C(=O)OC(C)C. The average Bonchev–Trinajstić information content (AvgIpc) is 2.26. The molecule has 1 rings (SSSR count). The monoisotopic (exact) mass is 288 g/mol. The van der Waals surface area contributed by atoms with E-state index in [9.17, 15) is 9.59 Å². The molecule has 0 heterocycles. The molecule has 0 bridgehead atoms. The molecule has 108 valence electrons. The standard InChI is InChI=1S/C14H21ClO4/c1-8(2)18-13(16)11-6-5-10(15)7-12(11)14(17)19-9(3)4/h5,8-9,11-12H,6-7H2,1-4H3. The lowest BCUT2D eigenvalue weighted by atomic mass is 9.83. The van der Waals surface area contributed by atoms with Gasteiger partial charge in [-0.15, -0.1) is 0 Å². The van der Waals surface area contributed by atoms with E-state index in [-0.39, 0.29) is 24.1 Å². The van der Waals surface area contributed by atoms with Crippen LogP contribution in [0, 0.1) is 11.8 Å². The van der Waals surface area contributed by atoms with Gasteiger partial charge in [0.2, 0.25) is 0 Å². The lowest BCUT2D eigenvalue weighted by Crippen LogP contribution is -2.36. The Balaban J connectivity index is 2.81. The van der Waals surface area contributed by atoms with Gasteiger partial charge in [0, 0.05) is 5.03 Å². The Morgan fingerprint density at radius 3 is 2.05 bits per heavy atom. The summed E-state index contributed by atoms with van der Waals surface area (Å²) in [5, 5.41) is 0.597. The highest BCUT2D eigenvalue weighted by Gasteiger charge is 2.38. The second-order valence-electron chi connectivity index (χ2n) is 5.28. The predicted octanol–water partition coefficient (Wildman–Crippen LogP) is 3.04. The normalized spacial score (nSPS) is 23.2. The Morgan fingerprint density at radius 1 is 1.11 bits per heavy atom. The van der Waals surface area contributed by atoms with Crippen molar-refractivity contribution in [3.05, 3.63) is 11.1 Å². The first-order valence-corrected chi connectivity index (χ1v) is 6.94. The van der Waals surface area contributed by atoms with Crippen molar-refractivity contribution in [3.63, 3.8) is 0 Å². The highest BCUT2D eigenvalue weighted by molar-refractivity contribution is 6.29. The Morgan fingerprint density at radius 2 is 1.58 bits per heavy atom. The second kappa shape index (κ2) is 6.94. The molecule has 1 aliphatic rings. The van der Waals surface area contributed by atoms with Crippen LogP contribution in [-0.2, 0) is 19.1 Å². The average molecular weight is 289 g/mol. The summed E-state index contributed by atoms with van der Waals surface area (Å²) < 4.78 is 10.4. The van der Waals surface area contributed by atoms with E-state index in [2.05, 4.69) is 0 Å². The fourth-order valence-electron chi connectivity index (χ4n) is 2.00. The zero-order valence-electron chi connectivity index (χ0n) is 11.8. The number of esters is 2. The van der Waals surface area contributed by atoms with Gasteiger partial charge in [0.1, 0.15) is 0 Å². The summed E-state index contributed by atoms with van der Waals surface area (Å²) in [6, 6.07) is 0. The smallest absolute Gasteiger partial charge is 0.310 e. The molecule has 0 saturated carbocycles. The van der Waals surface area contributed by atoms with Gasteiger partial charge >= 0.3 is 11.9 Å². The largest absolute Gasteiger partial charge is 0.463 e. The molecule has 0 N–H and O–H groups in total. The molecular formula is C14H21ClO4. The van der Waals surface area contributed by atoms with E-state index in [1.807, 2.05) is 0 Å². The Hall–Kier alpha value is -1.03. The van der Waals surface area contributed by atoms with E-state index in [1.165, 1.54) is 0 Å². The van der Waals surface area contributed by atoms with E-state index in [0.29, 0.717) is 17.9 Å². The molecular weight excluding hydrogens is 268 g/mol. The Bertz CT molecular complexity index is 374. The van der Waals surface area contributed by atoms with Crippen LogP contribution in [0.25, 0.3) is 0 Å². The molecule has 0 aromatic heterocycles. The van der Waals surface area contributed by atoms with Gasteiger partial charge in [0.15, 0.2) is 0 Å². The van der Waals surface area contributed by atoms with Crippen molar-refractivity contribution in [1.29, 1.82) is 0 Å². The molecule has 0 saturated heterocycles. The molecule has 0 amide bonds. The molecule has 19 heavy (non-hydrogen) atoms. The number of allylic oxidation sites excluding steroid dienone is 2. The van der Waals surface area contributed by atoms with E-state index in [4.69, 9.17) is 21.1 Å². The van der Waals surface area contributed by atoms with Crippen molar-refractivity contribution in [2.75, 3.05) is 0 Å². The van der Waals surface area contributed by atoms with Crippen LogP contribution >= 0.6 is 11.6 Å². The third-order valence-corrected chi connectivity index (χ3v) is 3.11. The van der Waals surface area contributed by atoms with E-state index in [0.717, 1.165) is 0 Å². The van der Waals surface area contributed by atoms with Gasteiger partial charge in [0.25, 0.3) is 0 Å². The minimum absolute atomic E-state index is 0.198. The van der Waals surface area contributed by atoms with Crippen molar-refractivity contribution in [1.82, 2.24) is 0 Å². The van der Waals surface area contributed by atoms with Crippen LogP contribution in [0.1, 0.15) is 40.5 Å². The van der Waals surface area contributed by atoms with Crippen molar-refractivity contribution < 1.29 is 19.1 Å². The first-order chi connectivity index (χ1) is 8.81. The van der Waals surface area contributed by atoms with Gasteiger partial charge < -0.3 is 9.47 Å². The summed E-state index contributed by atoms with van der Waals surface area (Å²) in [5.41, 5.74) is 0. The molecule has 1 aliphatic carbocycles. The summed E-state index contributed by atoms with van der Waals surface area (Å²) in [6.45, 7) is 7.12. The summed E-state index contributed by atoms with van der Waals surface area (Å²) >= 11 is 5.97. The lowest BCUT2D eigenvalue weighted by molar-refractivity contribution is -0.165. The summed E-state index contributed by atoms with van der Waals surface area (Å²) in [6.07, 6.45) is 2.12. The van der Waals surface area contributed by atoms with Crippen LogP contribution in [0.3, 0.4) is 0 Å². The Labute approximate surface area is 119 Å². The van der Waals surface area contributed by atoms with Crippen molar-refractivity contribution in [3.8, 4) is 0 Å². The van der Waals surface area contributed by atoms with Crippen LogP contribution in [0.15, 0.2) is 11.1 Å². The zero-order valence-corrected chi connectivity index (χ0v) is 12.6. The number of rotatable bonds is 4. The minimum Gasteiger partial charge on any atom is -0.463 e. The number of halogens is 1. The number of carbonyl (C=O) groups is 2. The van der Waals surface area contributed by atoms with Crippen LogP contribution in [-0.4, -0.2) is 24.1 Å². The highest BCUT2D eigenvalue weighted by Crippen LogP contribution is 2.33. The predicted molar refractivity (Wildman–Crippen MR) is 72.6 cm³/mol. The molecule has 2 unspecified atom stereocenters. The lowest BCUT2D eigenvalue weighted by Gasteiger charge is -2.28.